The second kappa shape index (κ2) is 12.1. The standard InChI is InChI=1S/C33H31N3O3/c1-3-38-30(37)23-34-27-19-13-18-26(22-27)28-20-11-12-21-29(28)36-33(39-4-2)31(24-14-7-5-8-15-24)32(35-36)25-16-9-6-10-17-25/h5-22,34H,3-4,23H2,1-2H3. The number of rotatable bonds is 10. The molecule has 0 bridgehead atoms. The largest absolute Gasteiger partial charge is 0.477 e. The first kappa shape index (κ1) is 25.8. The van der Waals surface area contributed by atoms with Crippen LogP contribution in [0.4, 0.5) is 5.69 Å². The van der Waals surface area contributed by atoms with Gasteiger partial charge in [-0.3, -0.25) is 4.79 Å². The minimum absolute atomic E-state index is 0.105. The van der Waals surface area contributed by atoms with Crippen molar-refractivity contribution in [1.29, 1.82) is 0 Å². The molecule has 0 aliphatic carbocycles. The lowest BCUT2D eigenvalue weighted by Crippen LogP contribution is -2.16. The third-order valence-electron chi connectivity index (χ3n) is 6.28. The molecular formula is C33H31N3O3. The van der Waals surface area contributed by atoms with Crippen molar-refractivity contribution in [3.8, 4) is 45.1 Å². The molecule has 0 saturated heterocycles. The molecule has 0 amide bonds. The van der Waals surface area contributed by atoms with Gasteiger partial charge in [0.2, 0.25) is 5.88 Å². The Morgan fingerprint density at radius 1 is 0.769 bits per heavy atom. The number of hydrogen-bond donors (Lipinski definition) is 1. The number of para-hydroxylation sites is 1. The topological polar surface area (TPSA) is 65.4 Å². The van der Waals surface area contributed by atoms with E-state index in [-0.39, 0.29) is 12.5 Å². The summed E-state index contributed by atoms with van der Waals surface area (Å²) in [6.07, 6.45) is 0. The number of ether oxygens (including phenoxy) is 2. The van der Waals surface area contributed by atoms with E-state index in [2.05, 4.69) is 41.7 Å². The normalized spacial score (nSPS) is 10.7. The van der Waals surface area contributed by atoms with E-state index in [9.17, 15) is 4.79 Å². The maximum atomic E-state index is 11.9. The smallest absolute Gasteiger partial charge is 0.325 e. The Hall–Kier alpha value is -4.84. The molecule has 0 atom stereocenters. The van der Waals surface area contributed by atoms with E-state index in [4.69, 9.17) is 14.6 Å². The van der Waals surface area contributed by atoms with Crippen LogP contribution in [0.2, 0.25) is 0 Å². The molecule has 0 fully saturated rings. The minimum atomic E-state index is -0.289. The predicted octanol–water partition coefficient (Wildman–Crippen LogP) is 7.25. The number of nitrogens with one attached hydrogen (secondary N) is 1. The Bertz CT molecular complexity index is 1550. The predicted molar refractivity (Wildman–Crippen MR) is 156 cm³/mol. The fourth-order valence-electron chi connectivity index (χ4n) is 4.58. The Morgan fingerprint density at radius 2 is 1.44 bits per heavy atom. The molecule has 4 aromatic carbocycles. The van der Waals surface area contributed by atoms with Crippen LogP contribution in [0.25, 0.3) is 39.2 Å². The summed E-state index contributed by atoms with van der Waals surface area (Å²) in [4.78, 5) is 11.9. The summed E-state index contributed by atoms with van der Waals surface area (Å²) >= 11 is 0. The lowest BCUT2D eigenvalue weighted by molar-refractivity contribution is -0.140. The van der Waals surface area contributed by atoms with E-state index in [0.29, 0.717) is 19.1 Å². The number of aromatic nitrogens is 2. The molecule has 0 radical (unpaired) electrons. The van der Waals surface area contributed by atoms with Gasteiger partial charge in [0.05, 0.1) is 24.5 Å². The Kier molecular flexibility index (Phi) is 8.03. The van der Waals surface area contributed by atoms with Crippen molar-refractivity contribution in [2.45, 2.75) is 13.8 Å². The number of nitrogens with zero attached hydrogens (tertiary/aromatic N) is 2. The summed E-state index contributed by atoms with van der Waals surface area (Å²) in [5.41, 5.74) is 7.54. The lowest BCUT2D eigenvalue weighted by atomic mass is 10.0. The van der Waals surface area contributed by atoms with Crippen molar-refractivity contribution >= 4 is 11.7 Å². The van der Waals surface area contributed by atoms with E-state index in [0.717, 1.165) is 44.9 Å². The molecule has 6 heteroatoms. The average molecular weight is 518 g/mol. The van der Waals surface area contributed by atoms with Crippen LogP contribution in [-0.4, -0.2) is 35.5 Å². The number of hydrogen-bond acceptors (Lipinski definition) is 5. The molecule has 196 valence electrons. The van der Waals surface area contributed by atoms with Gasteiger partial charge in [0.1, 0.15) is 12.2 Å². The number of benzene rings is 4. The fourth-order valence-corrected chi connectivity index (χ4v) is 4.58. The molecule has 39 heavy (non-hydrogen) atoms. The summed E-state index contributed by atoms with van der Waals surface area (Å²) in [6.45, 7) is 4.74. The minimum Gasteiger partial charge on any atom is -0.477 e. The van der Waals surface area contributed by atoms with Gasteiger partial charge in [-0.15, -0.1) is 0 Å². The van der Waals surface area contributed by atoms with Gasteiger partial charge in [0, 0.05) is 16.8 Å². The fraction of sp³-hybridized carbons (Fsp3) is 0.152. The Balaban J connectivity index is 1.65. The van der Waals surface area contributed by atoms with E-state index in [1.807, 2.05) is 84.4 Å². The van der Waals surface area contributed by atoms with Gasteiger partial charge in [-0.1, -0.05) is 91.0 Å². The van der Waals surface area contributed by atoms with Crippen molar-refractivity contribution in [3.05, 3.63) is 109 Å². The maximum Gasteiger partial charge on any atom is 0.325 e. The van der Waals surface area contributed by atoms with Crippen molar-refractivity contribution in [2.75, 3.05) is 25.1 Å². The van der Waals surface area contributed by atoms with Crippen LogP contribution < -0.4 is 10.1 Å². The Labute approximate surface area is 228 Å². The van der Waals surface area contributed by atoms with Crippen molar-refractivity contribution in [3.63, 3.8) is 0 Å². The summed E-state index contributed by atoms with van der Waals surface area (Å²) in [6, 6.07) is 36.5. The molecule has 0 saturated carbocycles. The van der Waals surface area contributed by atoms with Crippen LogP contribution in [0.1, 0.15) is 13.8 Å². The maximum absolute atomic E-state index is 11.9. The van der Waals surface area contributed by atoms with Gasteiger partial charge in [-0.2, -0.15) is 9.78 Å². The molecule has 5 rings (SSSR count). The highest BCUT2D eigenvalue weighted by atomic mass is 16.5. The van der Waals surface area contributed by atoms with Crippen molar-refractivity contribution in [2.24, 2.45) is 0 Å². The van der Waals surface area contributed by atoms with E-state index in [1.165, 1.54) is 0 Å². The molecular weight excluding hydrogens is 486 g/mol. The molecule has 1 heterocycles. The molecule has 6 nitrogen and oxygen atoms in total. The zero-order valence-electron chi connectivity index (χ0n) is 22.1. The van der Waals surface area contributed by atoms with Gasteiger partial charge in [0.15, 0.2) is 0 Å². The summed E-state index contributed by atoms with van der Waals surface area (Å²) in [7, 11) is 0. The molecule has 1 aromatic heterocycles. The van der Waals surface area contributed by atoms with Gasteiger partial charge in [-0.05, 0) is 43.2 Å². The van der Waals surface area contributed by atoms with Gasteiger partial charge < -0.3 is 14.8 Å². The summed E-state index contributed by atoms with van der Waals surface area (Å²) in [5.74, 6) is 0.398. The highest BCUT2D eigenvalue weighted by Gasteiger charge is 2.24. The SMILES string of the molecule is CCOC(=O)CNc1cccc(-c2ccccc2-n2nc(-c3ccccc3)c(-c3ccccc3)c2OCC)c1. The van der Waals surface area contributed by atoms with Crippen LogP contribution >= 0.6 is 0 Å². The molecule has 0 spiro atoms. The van der Waals surface area contributed by atoms with Crippen molar-refractivity contribution < 1.29 is 14.3 Å². The third kappa shape index (κ3) is 5.70. The molecule has 5 aromatic rings. The second-order valence-electron chi connectivity index (χ2n) is 8.86. The molecule has 0 aliphatic rings. The van der Waals surface area contributed by atoms with Crippen LogP contribution in [0.15, 0.2) is 109 Å². The zero-order valence-corrected chi connectivity index (χ0v) is 22.1. The highest BCUT2D eigenvalue weighted by Crippen LogP contribution is 2.42. The van der Waals surface area contributed by atoms with Crippen LogP contribution in [-0.2, 0) is 9.53 Å². The molecule has 1 N–H and O–H groups in total. The van der Waals surface area contributed by atoms with E-state index in [1.54, 1.807) is 6.92 Å². The van der Waals surface area contributed by atoms with Crippen LogP contribution in [0.5, 0.6) is 5.88 Å². The van der Waals surface area contributed by atoms with E-state index < -0.39 is 0 Å². The van der Waals surface area contributed by atoms with Crippen LogP contribution in [0, 0.1) is 0 Å². The number of esters is 1. The number of carbonyl (C=O) groups excluding carboxylic acids is 1. The molecule has 0 aliphatic heterocycles. The zero-order chi connectivity index (χ0) is 27.0. The Morgan fingerprint density at radius 3 is 2.15 bits per heavy atom. The average Bonchev–Trinajstić information content (AvgIpc) is 3.36. The number of carbonyl (C=O) groups is 1. The first-order valence-electron chi connectivity index (χ1n) is 13.2. The van der Waals surface area contributed by atoms with Crippen LogP contribution in [0.3, 0.4) is 0 Å². The quantitative estimate of drug-likeness (QED) is 0.198. The first-order valence-corrected chi connectivity index (χ1v) is 13.2. The lowest BCUT2D eigenvalue weighted by Gasteiger charge is -2.15. The monoisotopic (exact) mass is 517 g/mol. The summed E-state index contributed by atoms with van der Waals surface area (Å²) < 4.78 is 13.3. The van der Waals surface area contributed by atoms with E-state index >= 15 is 0 Å². The van der Waals surface area contributed by atoms with Gasteiger partial charge >= 0.3 is 5.97 Å². The van der Waals surface area contributed by atoms with Gasteiger partial charge in [-0.25, -0.2) is 0 Å². The second-order valence-corrected chi connectivity index (χ2v) is 8.86. The number of anilines is 1. The first-order chi connectivity index (χ1) is 19.2. The summed E-state index contributed by atoms with van der Waals surface area (Å²) in [5, 5.41) is 8.31. The highest BCUT2D eigenvalue weighted by molar-refractivity contribution is 5.86. The van der Waals surface area contributed by atoms with Gasteiger partial charge in [0.25, 0.3) is 0 Å². The molecule has 0 unspecified atom stereocenters. The van der Waals surface area contributed by atoms with Crippen molar-refractivity contribution in [1.82, 2.24) is 9.78 Å². The third-order valence-corrected chi connectivity index (χ3v) is 6.28.